The maximum atomic E-state index is 8.81. The molecule has 0 spiro atoms. The van der Waals surface area contributed by atoms with Gasteiger partial charge < -0.3 is 15.8 Å². The molecule has 1 unspecified atom stereocenters. The van der Waals surface area contributed by atoms with Crippen LogP contribution in [0.5, 0.6) is 0 Å². The summed E-state index contributed by atoms with van der Waals surface area (Å²) in [5.74, 6) is 0.671. The van der Waals surface area contributed by atoms with E-state index in [4.69, 9.17) is 15.7 Å². The van der Waals surface area contributed by atoms with Crippen molar-refractivity contribution in [3.8, 4) is 6.07 Å². The lowest BCUT2D eigenvalue weighted by Crippen LogP contribution is -2.27. The van der Waals surface area contributed by atoms with E-state index < -0.39 is 0 Å². The van der Waals surface area contributed by atoms with Crippen LogP contribution >= 0.6 is 0 Å². The second kappa shape index (κ2) is 5.51. The molecule has 0 aromatic carbocycles. The number of nitriles is 1. The molecule has 1 aromatic rings. The molecule has 0 saturated carbocycles. The number of rotatable bonds is 3. The van der Waals surface area contributed by atoms with E-state index in [2.05, 4.69) is 10.3 Å². The third kappa shape index (κ3) is 3.08. The Morgan fingerprint density at radius 1 is 1.53 bits per heavy atom. The molecule has 1 aromatic heterocycles. The molecule has 90 valence electrons. The van der Waals surface area contributed by atoms with Gasteiger partial charge in [0.2, 0.25) is 0 Å². The average molecular weight is 232 g/mol. The summed E-state index contributed by atoms with van der Waals surface area (Å²) in [5, 5.41) is 12.0. The van der Waals surface area contributed by atoms with Gasteiger partial charge in [0.15, 0.2) is 5.69 Å². The standard InChI is InChI=1S/C12H16N4O/c13-7-11-10(14)4-5-12(16-11)15-8-9-3-1-2-6-17-9/h4-5,9H,1-3,6,8,14H2,(H,15,16). The van der Waals surface area contributed by atoms with Gasteiger partial charge in [-0.3, -0.25) is 0 Å². The molecule has 1 saturated heterocycles. The Morgan fingerprint density at radius 3 is 3.12 bits per heavy atom. The molecule has 3 N–H and O–H groups in total. The summed E-state index contributed by atoms with van der Waals surface area (Å²) in [5.41, 5.74) is 6.27. The molecular weight excluding hydrogens is 216 g/mol. The molecular formula is C12H16N4O. The number of hydrogen-bond acceptors (Lipinski definition) is 5. The minimum Gasteiger partial charge on any atom is -0.396 e. The summed E-state index contributed by atoms with van der Waals surface area (Å²) >= 11 is 0. The fourth-order valence-electron chi connectivity index (χ4n) is 1.84. The Morgan fingerprint density at radius 2 is 2.41 bits per heavy atom. The Labute approximate surface area is 101 Å². The van der Waals surface area contributed by atoms with Crippen LogP contribution in [0, 0.1) is 11.3 Å². The molecule has 5 heteroatoms. The van der Waals surface area contributed by atoms with E-state index in [0.29, 0.717) is 11.5 Å². The van der Waals surface area contributed by atoms with Crippen molar-refractivity contribution >= 4 is 11.5 Å². The maximum Gasteiger partial charge on any atom is 0.165 e. The van der Waals surface area contributed by atoms with E-state index in [1.165, 1.54) is 6.42 Å². The summed E-state index contributed by atoms with van der Waals surface area (Å²) < 4.78 is 5.60. The van der Waals surface area contributed by atoms with Crippen molar-refractivity contribution < 1.29 is 4.74 Å². The van der Waals surface area contributed by atoms with Crippen molar-refractivity contribution in [3.63, 3.8) is 0 Å². The minimum absolute atomic E-state index is 0.244. The number of nitrogens with zero attached hydrogens (tertiary/aromatic N) is 2. The van der Waals surface area contributed by atoms with Crippen LogP contribution in [0.4, 0.5) is 11.5 Å². The highest BCUT2D eigenvalue weighted by atomic mass is 16.5. The van der Waals surface area contributed by atoms with Crippen molar-refractivity contribution in [2.24, 2.45) is 0 Å². The highest BCUT2D eigenvalue weighted by molar-refractivity contribution is 5.54. The van der Waals surface area contributed by atoms with Gasteiger partial charge in [-0.25, -0.2) is 4.98 Å². The van der Waals surface area contributed by atoms with Crippen molar-refractivity contribution in [1.29, 1.82) is 5.26 Å². The summed E-state index contributed by atoms with van der Waals surface area (Å²) in [6.45, 7) is 1.56. The van der Waals surface area contributed by atoms with Crippen molar-refractivity contribution in [2.45, 2.75) is 25.4 Å². The van der Waals surface area contributed by atoms with Gasteiger partial charge in [-0.1, -0.05) is 0 Å². The number of pyridine rings is 1. The van der Waals surface area contributed by atoms with Gasteiger partial charge in [0.05, 0.1) is 11.8 Å². The van der Waals surface area contributed by atoms with E-state index in [1.807, 2.05) is 6.07 Å². The quantitative estimate of drug-likeness (QED) is 0.825. The minimum atomic E-state index is 0.244. The van der Waals surface area contributed by atoms with Crippen molar-refractivity contribution in [3.05, 3.63) is 17.8 Å². The van der Waals surface area contributed by atoms with Crippen molar-refractivity contribution in [2.75, 3.05) is 24.2 Å². The normalized spacial score (nSPS) is 19.6. The molecule has 0 bridgehead atoms. The highest BCUT2D eigenvalue weighted by Gasteiger charge is 2.13. The monoisotopic (exact) mass is 232 g/mol. The fourth-order valence-corrected chi connectivity index (χ4v) is 1.84. The second-order valence-electron chi connectivity index (χ2n) is 4.12. The Hall–Kier alpha value is -1.80. The predicted molar refractivity (Wildman–Crippen MR) is 65.4 cm³/mol. The largest absolute Gasteiger partial charge is 0.396 e. The molecule has 1 fully saturated rings. The topological polar surface area (TPSA) is 84.0 Å². The summed E-state index contributed by atoms with van der Waals surface area (Å²) in [7, 11) is 0. The number of nitrogens with two attached hydrogens (primary N) is 1. The van der Waals surface area contributed by atoms with E-state index in [0.717, 1.165) is 26.0 Å². The molecule has 17 heavy (non-hydrogen) atoms. The third-order valence-electron chi connectivity index (χ3n) is 2.82. The van der Waals surface area contributed by atoms with Gasteiger partial charge in [-0.2, -0.15) is 5.26 Å². The van der Waals surface area contributed by atoms with E-state index in [-0.39, 0.29) is 11.8 Å². The first kappa shape index (κ1) is 11.7. The number of hydrogen-bond donors (Lipinski definition) is 2. The van der Waals surface area contributed by atoms with Crippen LogP contribution in [0.25, 0.3) is 0 Å². The third-order valence-corrected chi connectivity index (χ3v) is 2.82. The average Bonchev–Trinajstić information content (AvgIpc) is 2.39. The van der Waals surface area contributed by atoms with Gasteiger partial charge in [-0.15, -0.1) is 0 Å². The van der Waals surface area contributed by atoms with Crippen LogP contribution < -0.4 is 11.1 Å². The van der Waals surface area contributed by atoms with Crippen LogP contribution in [0.2, 0.25) is 0 Å². The lowest BCUT2D eigenvalue weighted by molar-refractivity contribution is 0.0247. The molecule has 0 aliphatic carbocycles. The van der Waals surface area contributed by atoms with Crippen LogP contribution in [0.15, 0.2) is 12.1 Å². The first-order valence-electron chi connectivity index (χ1n) is 5.81. The highest BCUT2D eigenvalue weighted by Crippen LogP contribution is 2.15. The number of nitrogens with one attached hydrogen (secondary N) is 1. The molecule has 2 rings (SSSR count). The van der Waals surface area contributed by atoms with Crippen LogP contribution in [0.3, 0.4) is 0 Å². The van der Waals surface area contributed by atoms with Gasteiger partial charge in [0, 0.05) is 13.2 Å². The Balaban J connectivity index is 1.92. The number of aromatic nitrogens is 1. The molecule has 5 nitrogen and oxygen atoms in total. The Kier molecular flexibility index (Phi) is 3.78. The van der Waals surface area contributed by atoms with Gasteiger partial charge in [0.1, 0.15) is 11.9 Å². The smallest absolute Gasteiger partial charge is 0.165 e. The first-order valence-corrected chi connectivity index (χ1v) is 5.81. The zero-order chi connectivity index (χ0) is 12.1. The van der Waals surface area contributed by atoms with E-state index in [1.54, 1.807) is 12.1 Å². The molecule has 1 aliphatic heterocycles. The van der Waals surface area contributed by atoms with Gasteiger partial charge >= 0.3 is 0 Å². The van der Waals surface area contributed by atoms with E-state index >= 15 is 0 Å². The van der Waals surface area contributed by atoms with E-state index in [9.17, 15) is 0 Å². The van der Waals surface area contributed by atoms with Gasteiger partial charge in [0.25, 0.3) is 0 Å². The van der Waals surface area contributed by atoms with Crippen LogP contribution in [-0.2, 0) is 4.74 Å². The first-order chi connectivity index (χ1) is 8.29. The fraction of sp³-hybridized carbons (Fsp3) is 0.500. The number of anilines is 2. The zero-order valence-corrected chi connectivity index (χ0v) is 9.65. The zero-order valence-electron chi connectivity index (χ0n) is 9.65. The summed E-state index contributed by atoms with van der Waals surface area (Å²) in [4.78, 5) is 4.12. The lowest BCUT2D eigenvalue weighted by Gasteiger charge is -2.22. The molecule has 0 amide bonds. The van der Waals surface area contributed by atoms with Crippen LogP contribution in [-0.4, -0.2) is 24.2 Å². The number of nitrogen functional groups attached to an aromatic ring is 1. The predicted octanol–water partition coefficient (Wildman–Crippen LogP) is 1.52. The number of ether oxygens (including phenoxy) is 1. The Bertz CT molecular complexity index is 421. The second-order valence-corrected chi connectivity index (χ2v) is 4.12. The van der Waals surface area contributed by atoms with Crippen LogP contribution in [0.1, 0.15) is 25.0 Å². The molecule has 1 atom stereocenters. The summed E-state index contributed by atoms with van der Waals surface area (Å²) in [6.07, 6.45) is 3.68. The molecule has 1 aliphatic rings. The lowest BCUT2D eigenvalue weighted by atomic mass is 10.1. The molecule has 0 radical (unpaired) electrons. The van der Waals surface area contributed by atoms with Gasteiger partial charge in [-0.05, 0) is 31.4 Å². The van der Waals surface area contributed by atoms with Crippen molar-refractivity contribution in [1.82, 2.24) is 4.98 Å². The molecule has 2 heterocycles. The SMILES string of the molecule is N#Cc1nc(NCC2CCCCO2)ccc1N. The maximum absolute atomic E-state index is 8.81. The summed E-state index contributed by atoms with van der Waals surface area (Å²) in [6, 6.07) is 5.43.